The average molecular weight is 444 g/mol. The number of para-hydroxylation sites is 2. The molecule has 0 saturated carbocycles. The van der Waals surface area contributed by atoms with Crippen molar-refractivity contribution in [3.8, 4) is 5.75 Å². The summed E-state index contributed by atoms with van der Waals surface area (Å²) < 4.78 is 61.1. The zero-order chi connectivity index (χ0) is 23.3. The quantitative estimate of drug-likeness (QED) is 0.215. The molecule has 3 aromatic carbocycles. The van der Waals surface area contributed by atoms with Crippen LogP contribution in [0, 0.1) is 23.3 Å². The summed E-state index contributed by atoms with van der Waals surface area (Å²) in [5.74, 6) is -5.18. The number of methoxy groups -OCH3 is 1. The van der Waals surface area contributed by atoms with Crippen LogP contribution in [0.3, 0.4) is 0 Å². The van der Waals surface area contributed by atoms with Crippen LogP contribution in [-0.2, 0) is 4.79 Å². The van der Waals surface area contributed by atoms with Gasteiger partial charge in [-0.2, -0.15) is 0 Å². The molecule has 10 heteroatoms. The summed E-state index contributed by atoms with van der Waals surface area (Å²) in [6, 6.07) is 10.0. The molecule has 0 heterocycles. The molecular weight excluding hydrogens is 428 g/mol. The average Bonchev–Trinajstić information content (AvgIpc) is 2.74. The Morgan fingerprint density at radius 3 is 2.00 bits per heavy atom. The van der Waals surface area contributed by atoms with Crippen LogP contribution in [0.25, 0.3) is 6.08 Å². The van der Waals surface area contributed by atoms with Gasteiger partial charge in [0.1, 0.15) is 5.75 Å². The number of amides is 1. The van der Waals surface area contributed by atoms with Crippen LogP contribution in [0.5, 0.6) is 5.75 Å². The molecule has 0 aliphatic carbocycles. The van der Waals surface area contributed by atoms with Crippen molar-refractivity contribution in [2.45, 2.75) is 0 Å². The monoisotopic (exact) mass is 444 g/mol. The van der Waals surface area contributed by atoms with Crippen LogP contribution in [-0.4, -0.2) is 13.0 Å². The van der Waals surface area contributed by atoms with E-state index in [1.54, 1.807) is 24.3 Å². The molecule has 0 bridgehead atoms. The van der Waals surface area contributed by atoms with Crippen LogP contribution < -0.4 is 15.8 Å². The normalized spacial score (nSPS) is 11.3. The first-order valence-electron chi connectivity index (χ1n) is 9.06. The number of halogens is 4. The van der Waals surface area contributed by atoms with Crippen LogP contribution in [0.1, 0.15) is 5.56 Å². The van der Waals surface area contributed by atoms with E-state index in [4.69, 9.17) is 10.5 Å². The highest BCUT2D eigenvalue weighted by atomic mass is 19.1. The molecule has 0 atom stereocenters. The predicted molar refractivity (Wildman–Crippen MR) is 112 cm³/mol. The second-order valence-electron chi connectivity index (χ2n) is 6.38. The van der Waals surface area contributed by atoms with Gasteiger partial charge in [-0.1, -0.05) is 12.1 Å². The molecule has 0 spiro atoms. The van der Waals surface area contributed by atoms with Gasteiger partial charge in [-0.3, -0.25) is 4.79 Å². The summed E-state index contributed by atoms with van der Waals surface area (Å²) in [5, 5.41) is 9.10. The van der Waals surface area contributed by atoms with Crippen molar-refractivity contribution < 1.29 is 27.1 Å². The van der Waals surface area contributed by atoms with Gasteiger partial charge < -0.3 is 15.8 Å². The minimum absolute atomic E-state index is 0.0111. The van der Waals surface area contributed by atoms with Crippen LogP contribution >= 0.6 is 0 Å². The zero-order valence-corrected chi connectivity index (χ0v) is 16.6. The maximum atomic E-state index is 14.3. The predicted octanol–water partition coefficient (Wildman–Crippen LogP) is 5.90. The van der Waals surface area contributed by atoms with E-state index in [1.165, 1.54) is 13.2 Å². The summed E-state index contributed by atoms with van der Waals surface area (Å²) in [4.78, 5) is 12.0. The lowest BCUT2D eigenvalue weighted by Gasteiger charge is -2.05. The number of anilines is 2. The molecular formula is C22H16F4N4O2. The second-order valence-corrected chi connectivity index (χ2v) is 6.38. The number of benzene rings is 3. The van der Waals surface area contributed by atoms with E-state index in [2.05, 4.69) is 15.5 Å². The van der Waals surface area contributed by atoms with Gasteiger partial charge in [-0.25, -0.2) is 17.6 Å². The molecule has 0 aliphatic heterocycles. The molecule has 0 radical (unpaired) electrons. The number of hydrogen-bond donors (Lipinski definition) is 2. The Morgan fingerprint density at radius 1 is 0.938 bits per heavy atom. The topological polar surface area (TPSA) is 89.1 Å². The highest BCUT2D eigenvalue weighted by Gasteiger charge is 2.14. The number of rotatable bonds is 6. The van der Waals surface area contributed by atoms with Crippen molar-refractivity contribution >= 4 is 34.7 Å². The third-order valence-corrected chi connectivity index (χ3v) is 4.16. The summed E-state index contributed by atoms with van der Waals surface area (Å²) >= 11 is 0. The first kappa shape index (κ1) is 22.5. The molecule has 0 saturated heterocycles. The van der Waals surface area contributed by atoms with Gasteiger partial charge in [-0.15, -0.1) is 10.2 Å². The number of carbonyl (C=O) groups excluding carboxylic acids is 1. The number of nitrogens with two attached hydrogens (primary N) is 1. The van der Waals surface area contributed by atoms with Crippen molar-refractivity contribution in [2.24, 2.45) is 10.2 Å². The number of ether oxygens (including phenoxy) is 1. The maximum absolute atomic E-state index is 14.3. The smallest absolute Gasteiger partial charge is 0.248 e. The van der Waals surface area contributed by atoms with Gasteiger partial charge in [0.15, 0.2) is 34.6 Å². The molecule has 3 rings (SSSR count). The molecule has 3 N–H and O–H groups in total. The van der Waals surface area contributed by atoms with E-state index in [-0.39, 0.29) is 11.3 Å². The number of nitrogens with one attached hydrogen (secondary N) is 1. The van der Waals surface area contributed by atoms with E-state index in [0.717, 1.165) is 30.3 Å². The van der Waals surface area contributed by atoms with Crippen molar-refractivity contribution in [1.29, 1.82) is 0 Å². The fraction of sp³-hybridized carbons (Fsp3) is 0.0455. The molecule has 0 unspecified atom stereocenters. The van der Waals surface area contributed by atoms with E-state index >= 15 is 0 Å². The Kier molecular flexibility index (Phi) is 6.83. The molecule has 32 heavy (non-hydrogen) atoms. The Balaban J connectivity index is 1.78. The fourth-order valence-electron chi connectivity index (χ4n) is 2.59. The molecule has 0 fully saturated rings. The van der Waals surface area contributed by atoms with Crippen LogP contribution in [0.4, 0.5) is 40.3 Å². The number of nitrogen functional groups attached to an aromatic ring is 1. The second kappa shape index (κ2) is 9.73. The Labute approximate surface area is 180 Å². The highest BCUT2D eigenvalue weighted by Crippen LogP contribution is 2.31. The van der Waals surface area contributed by atoms with Gasteiger partial charge in [0.2, 0.25) is 5.91 Å². The summed E-state index contributed by atoms with van der Waals surface area (Å²) in [5.41, 5.74) is 4.79. The Bertz CT molecular complexity index is 1180. The molecule has 164 valence electrons. The number of azo groups is 1. The highest BCUT2D eigenvalue weighted by molar-refractivity contribution is 6.03. The van der Waals surface area contributed by atoms with Gasteiger partial charge in [0, 0.05) is 18.2 Å². The van der Waals surface area contributed by atoms with Crippen molar-refractivity contribution in [3.63, 3.8) is 0 Å². The maximum Gasteiger partial charge on any atom is 0.248 e. The van der Waals surface area contributed by atoms with Gasteiger partial charge >= 0.3 is 0 Å². The van der Waals surface area contributed by atoms with E-state index in [0.29, 0.717) is 11.4 Å². The summed E-state index contributed by atoms with van der Waals surface area (Å²) in [6.45, 7) is 0. The molecule has 1 amide bonds. The summed E-state index contributed by atoms with van der Waals surface area (Å²) in [6.07, 6.45) is 2.23. The lowest BCUT2D eigenvalue weighted by molar-refractivity contribution is -0.111. The Morgan fingerprint density at radius 2 is 1.47 bits per heavy atom. The van der Waals surface area contributed by atoms with Gasteiger partial charge in [-0.05, 0) is 35.9 Å². The van der Waals surface area contributed by atoms with Gasteiger partial charge in [0.05, 0.1) is 18.5 Å². The Hall–Kier alpha value is -4.21. The van der Waals surface area contributed by atoms with E-state index in [9.17, 15) is 22.4 Å². The first-order valence-corrected chi connectivity index (χ1v) is 9.06. The van der Waals surface area contributed by atoms with Gasteiger partial charge in [0.25, 0.3) is 0 Å². The largest absolute Gasteiger partial charge is 0.497 e. The van der Waals surface area contributed by atoms with E-state index < -0.39 is 40.6 Å². The third-order valence-electron chi connectivity index (χ3n) is 4.16. The number of nitrogens with zero attached hydrogens (tertiary/aromatic N) is 2. The van der Waals surface area contributed by atoms with Crippen molar-refractivity contribution in [2.75, 3.05) is 18.2 Å². The first-order chi connectivity index (χ1) is 15.3. The molecule has 0 aliphatic rings. The van der Waals surface area contributed by atoms with Crippen LogP contribution in [0.15, 0.2) is 64.8 Å². The standard InChI is InChI=1S/C22H16F4N4O2/c1-32-13-10-16(25)22(17(26)11-13)30-29-21-14(23)8-12(9-15(21)24)6-7-20(31)28-19-5-3-2-4-18(19)27/h2-11H,27H2,1H3,(H,28,31)/b7-6+,30-29?. The molecule has 3 aromatic rings. The summed E-state index contributed by atoms with van der Waals surface area (Å²) in [7, 11) is 1.22. The minimum Gasteiger partial charge on any atom is -0.497 e. The molecule has 6 nitrogen and oxygen atoms in total. The number of carbonyl (C=O) groups is 1. The molecule has 0 aromatic heterocycles. The minimum atomic E-state index is -1.14. The number of hydrogen-bond acceptors (Lipinski definition) is 5. The fourth-order valence-corrected chi connectivity index (χ4v) is 2.59. The van der Waals surface area contributed by atoms with Crippen molar-refractivity contribution in [3.05, 3.63) is 83.4 Å². The SMILES string of the molecule is COc1cc(F)c(N=Nc2c(F)cc(/C=C/C(=O)Nc3ccccc3N)cc2F)c(F)c1. The van der Waals surface area contributed by atoms with Crippen LogP contribution in [0.2, 0.25) is 0 Å². The van der Waals surface area contributed by atoms with Crippen molar-refractivity contribution in [1.82, 2.24) is 0 Å². The zero-order valence-electron chi connectivity index (χ0n) is 16.6. The van der Waals surface area contributed by atoms with E-state index in [1.807, 2.05) is 0 Å². The lowest BCUT2D eigenvalue weighted by Crippen LogP contribution is -2.09. The lowest BCUT2D eigenvalue weighted by atomic mass is 10.1. The third kappa shape index (κ3) is 5.28.